The number of nitrogens with zero attached hydrogens (tertiary/aromatic N) is 3. The van der Waals surface area contributed by atoms with Crippen LogP contribution in [0, 0.1) is 5.41 Å². The summed E-state index contributed by atoms with van der Waals surface area (Å²) in [6, 6.07) is 1.80. The van der Waals surface area contributed by atoms with Crippen molar-refractivity contribution in [3.8, 4) is 0 Å². The van der Waals surface area contributed by atoms with Crippen LogP contribution in [0.15, 0.2) is 11.2 Å². The SMILES string of the molecule is CSc1nc(N)c2cc3c(nc2n1)CC(C)(C)CC3=O. The molecule has 0 amide bonds. The second kappa shape index (κ2) is 4.41. The quantitative estimate of drug-likeness (QED) is 0.641. The van der Waals surface area contributed by atoms with E-state index in [1.165, 1.54) is 11.8 Å². The van der Waals surface area contributed by atoms with E-state index in [9.17, 15) is 4.79 Å². The summed E-state index contributed by atoms with van der Waals surface area (Å²) in [7, 11) is 0. The van der Waals surface area contributed by atoms with Crippen molar-refractivity contribution >= 4 is 34.4 Å². The Balaban J connectivity index is 2.26. The lowest BCUT2D eigenvalue weighted by atomic mass is 9.75. The molecule has 2 heterocycles. The molecule has 0 aliphatic heterocycles. The van der Waals surface area contributed by atoms with Crippen LogP contribution in [0.5, 0.6) is 0 Å². The van der Waals surface area contributed by atoms with Crippen LogP contribution in [0.4, 0.5) is 5.82 Å². The van der Waals surface area contributed by atoms with E-state index in [1.807, 2.05) is 6.26 Å². The van der Waals surface area contributed by atoms with Crippen LogP contribution in [0.1, 0.15) is 36.3 Å². The smallest absolute Gasteiger partial charge is 0.191 e. The Kier molecular flexibility index (Phi) is 2.93. The second-order valence-corrected chi connectivity index (χ2v) is 6.66. The normalized spacial score (nSPS) is 17.2. The van der Waals surface area contributed by atoms with E-state index in [0.717, 1.165) is 12.1 Å². The van der Waals surface area contributed by atoms with Gasteiger partial charge < -0.3 is 5.73 Å². The van der Waals surface area contributed by atoms with Crippen LogP contribution in [-0.4, -0.2) is 27.0 Å². The van der Waals surface area contributed by atoms with Gasteiger partial charge >= 0.3 is 0 Å². The number of hydrogen-bond acceptors (Lipinski definition) is 6. The number of rotatable bonds is 1. The van der Waals surface area contributed by atoms with Crippen LogP contribution in [0.3, 0.4) is 0 Å². The van der Waals surface area contributed by atoms with Crippen molar-refractivity contribution in [1.82, 2.24) is 15.0 Å². The molecule has 1 aliphatic rings. The number of carbonyl (C=O) groups excluding carboxylic acids is 1. The molecule has 5 nitrogen and oxygen atoms in total. The predicted octanol–water partition coefficient (Wildman–Crippen LogP) is 2.48. The molecule has 6 heteroatoms. The van der Waals surface area contributed by atoms with Gasteiger partial charge in [-0.05, 0) is 24.2 Å². The first-order valence-electron chi connectivity index (χ1n) is 6.44. The maximum absolute atomic E-state index is 12.3. The molecular formula is C14H16N4OS. The third-order valence-corrected chi connectivity index (χ3v) is 4.09. The highest BCUT2D eigenvalue weighted by atomic mass is 32.2. The van der Waals surface area contributed by atoms with Crippen molar-refractivity contribution in [2.24, 2.45) is 5.41 Å². The van der Waals surface area contributed by atoms with Crippen molar-refractivity contribution < 1.29 is 4.79 Å². The van der Waals surface area contributed by atoms with E-state index in [2.05, 4.69) is 28.8 Å². The van der Waals surface area contributed by atoms with E-state index in [-0.39, 0.29) is 11.2 Å². The van der Waals surface area contributed by atoms with Crippen LogP contribution >= 0.6 is 11.8 Å². The Morgan fingerprint density at radius 2 is 2.00 bits per heavy atom. The molecule has 2 aromatic rings. The molecule has 0 bridgehead atoms. The van der Waals surface area contributed by atoms with Gasteiger partial charge in [0.25, 0.3) is 0 Å². The first kappa shape index (κ1) is 13.3. The lowest BCUT2D eigenvalue weighted by molar-refractivity contribution is 0.0910. The van der Waals surface area contributed by atoms with Gasteiger partial charge in [0.15, 0.2) is 16.6 Å². The minimum atomic E-state index is -0.0499. The van der Waals surface area contributed by atoms with E-state index < -0.39 is 0 Å². The molecule has 0 unspecified atom stereocenters. The first-order chi connectivity index (χ1) is 9.39. The van der Waals surface area contributed by atoms with Gasteiger partial charge in [0, 0.05) is 12.0 Å². The second-order valence-electron chi connectivity index (χ2n) is 5.89. The zero-order valence-corrected chi connectivity index (χ0v) is 12.5. The summed E-state index contributed by atoms with van der Waals surface area (Å²) in [5, 5.41) is 1.26. The molecule has 2 N–H and O–H groups in total. The van der Waals surface area contributed by atoms with Crippen molar-refractivity contribution in [2.75, 3.05) is 12.0 Å². The number of aromatic nitrogens is 3. The fourth-order valence-electron chi connectivity index (χ4n) is 2.61. The number of nitrogen functional groups attached to an aromatic ring is 1. The highest BCUT2D eigenvalue weighted by molar-refractivity contribution is 7.98. The van der Waals surface area contributed by atoms with Gasteiger partial charge in [-0.15, -0.1) is 0 Å². The molecule has 3 rings (SSSR count). The lowest BCUT2D eigenvalue weighted by Crippen LogP contribution is -2.28. The highest BCUT2D eigenvalue weighted by Gasteiger charge is 2.32. The Morgan fingerprint density at radius 1 is 1.25 bits per heavy atom. The minimum Gasteiger partial charge on any atom is -0.383 e. The molecule has 2 aromatic heterocycles. The van der Waals surface area contributed by atoms with Crippen molar-refractivity contribution in [3.05, 3.63) is 17.3 Å². The van der Waals surface area contributed by atoms with Crippen molar-refractivity contribution in [1.29, 1.82) is 0 Å². The molecule has 0 saturated carbocycles. The topological polar surface area (TPSA) is 81.8 Å². The van der Waals surface area contributed by atoms with Crippen molar-refractivity contribution in [2.45, 2.75) is 31.8 Å². The predicted molar refractivity (Wildman–Crippen MR) is 80.0 cm³/mol. The maximum Gasteiger partial charge on any atom is 0.191 e. The standard InChI is InChI=1S/C14H16N4OS/c1-14(2)5-9-7(10(19)6-14)4-8-11(15)17-13(20-3)18-12(8)16-9/h4H,5-6H2,1-3H3,(H2,15,16,17,18). The molecule has 0 spiro atoms. The van der Waals surface area contributed by atoms with E-state index in [4.69, 9.17) is 5.73 Å². The lowest BCUT2D eigenvalue weighted by Gasteiger charge is -2.29. The van der Waals surface area contributed by atoms with Crippen LogP contribution in [0.2, 0.25) is 0 Å². The van der Waals surface area contributed by atoms with Gasteiger partial charge in [0.2, 0.25) is 0 Å². The first-order valence-corrected chi connectivity index (χ1v) is 7.66. The summed E-state index contributed by atoms with van der Waals surface area (Å²) in [5.74, 6) is 0.506. The Morgan fingerprint density at radius 3 is 2.70 bits per heavy atom. The molecule has 20 heavy (non-hydrogen) atoms. The number of fused-ring (bicyclic) bond motifs is 2. The van der Waals surface area contributed by atoms with E-state index in [0.29, 0.717) is 34.0 Å². The minimum absolute atomic E-state index is 0.0499. The third-order valence-electron chi connectivity index (χ3n) is 3.54. The van der Waals surface area contributed by atoms with Crippen LogP contribution in [-0.2, 0) is 6.42 Å². The zero-order valence-electron chi connectivity index (χ0n) is 11.7. The van der Waals surface area contributed by atoms with Gasteiger partial charge in [0.1, 0.15) is 5.82 Å². The van der Waals surface area contributed by atoms with Gasteiger partial charge in [-0.25, -0.2) is 15.0 Å². The largest absolute Gasteiger partial charge is 0.383 e. The molecule has 0 radical (unpaired) electrons. The molecule has 0 aromatic carbocycles. The van der Waals surface area contributed by atoms with E-state index >= 15 is 0 Å². The maximum atomic E-state index is 12.3. The Hall–Kier alpha value is -1.69. The van der Waals surface area contributed by atoms with Gasteiger partial charge in [-0.2, -0.15) is 0 Å². The summed E-state index contributed by atoms with van der Waals surface area (Å²) >= 11 is 1.43. The molecule has 0 atom stereocenters. The number of carbonyl (C=O) groups is 1. The summed E-state index contributed by atoms with van der Waals surface area (Å²) in [6.45, 7) is 4.17. The fraction of sp³-hybridized carbons (Fsp3) is 0.429. The number of Topliss-reactive ketones (excluding diaryl/α,β-unsaturated/α-hetero) is 1. The summed E-state index contributed by atoms with van der Waals surface area (Å²) < 4.78 is 0. The molecular weight excluding hydrogens is 272 g/mol. The number of anilines is 1. The van der Waals surface area contributed by atoms with Gasteiger partial charge in [-0.3, -0.25) is 4.79 Å². The van der Waals surface area contributed by atoms with E-state index in [1.54, 1.807) is 6.07 Å². The molecule has 0 saturated heterocycles. The monoisotopic (exact) mass is 288 g/mol. The number of pyridine rings is 1. The average Bonchev–Trinajstić information content (AvgIpc) is 2.35. The Labute approximate surface area is 121 Å². The zero-order chi connectivity index (χ0) is 14.5. The number of nitrogens with two attached hydrogens (primary N) is 1. The molecule has 1 aliphatic carbocycles. The fourth-order valence-corrected chi connectivity index (χ4v) is 2.97. The van der Waals surface area contributed by atoms with Gasteiger partial charge in [-0.1, -0.05) is 25.6 Å². The number of thioether (sulfide) groups is 1. The highest BCUT2D eigenvalue weighted by Crippen LogP contribution is 2.35. The van der Waals surface area contributed by atoms with Crippen LogP contribution < -0.4 is 5.73 Å². The number of ketones is 1. The summed E-state index contributed by atoms with van der Waals surface area (Å²) in [6.07, 6.45) is 3.21. The van der Waals surface area contributed by atoms with Gasteiger partial charge in [0.05, 0.1) is 11.1 Å². The number of hydrogen-bond donors (Lipinski definition) is 1. The summed E-state index contributed by atoms with van der Waals surface area (Å²) in [4.78, 5) is 25.4. The molecule has 104 valence electrons. The molecule has 0 fully saturated rings. The van der Waals surface area contributed by atoms with Crippen molar-refractivity contribution in [3.63, 3.8) is 0 Å². The average molecular weight is 288 g/mol. The summed E-state index contributed by atoms with van der Waals surface area (Å²) in [5.41, 5.74) is 7.97. The third kappa shape index (κ3) is 2.14. The van der Waals surface area contributed by atoms with Crippen LogP contribution in [0.25, 0.3) is 11.0 Å². The Bertz CT molecular complexity index is 727.